The second kappa shape index (κ2) is 6.73. The van der Waals surface area contributed by atoms with E-state index in [9.17, 15) is 9.59 Å². The van der Waals surface area contributed by atoms with Crippen LogP contribution in [0.25, 0.3) is 0 Å². The van der Waals surface area contributed by atoms with Crippen LogP contribution in [-0.4, -0.2) is 11.8 Å². The number of carbonyl (C=O) groups is 2. The molecule has 0 aliphatic rings. The van der Waals surface area contributed by atoms with E-state index < -0.39 is 5.97 Å². The second-order valence-corrected chi connectivity index (χ2v) is 4.43. The van der Waals surface area contributed by atoms with Crippen molar-refractivity contribution >= 4 is 11.8 Å². The Hall–Kier alpha value is -2.10. The number of Topliss-reactive ketones (excluding diaryl/α,β-unsaturated/α-hetero) is 1. The van der Waals surface area contributed by atoms with Crippen molar-refractivity contribution in [2.45, 2.75) is 33.3 Å². The third-order valence-corrected chi connectivity index (χ3v) is 2.49. The number of ether oxygens (including phenoxy) is 1. The summed E-state index contributed by atoms with van der Waals surface area (Å²) in [6.45, 7) is 10.4. The van der Waals surface area contributed by atoms with E-state index in [0.29, 0.717) is 35.5 Å². The smallest absolute Gasteiger partial charge is 0.333 e. The van der Waals surface area contributed by atoms with E-state index in [1.165, 1.54) is 0 Å². The zero-order valence-electron chi connectivity index (χ0n) is 11.3. The molecule has 4 heteroatoms. The van der Waals surface area contributed by atoms with Crippen LogP contribution < -0.4 is 0 Å². The first kappa shape index (κ1) is 15.0. The molecule has 0 amide bonds. The van der Waals surface area contributed by atoms with Crippen LogP contribution in [0.2, 0.25) is 0 Å². The molecule has 0 atom stereocenters. The fourth-order valence-corrected chi connectivity index (χ4v) is 1.34. The van der Waals surface area contributed by atoms with E-state index in [4.69, 9.17) is 9.15 Å². The molecule has 0 spiro atoms. The lowest BCUT2D eigenvalue weighted by Gasteiger charge is -2.01. The number of carbonyl (C=O) groups excluding carboxylic acids is 2. The summed E-state index contributed by atoms with van der Waals surface area (Å²) in [7, 11) is 0. The Morgan fingerprint density at radius 2 is 1.79 bits per heavy atom. The zero-order chi connectivity index (χ0) is 14.4. The van der Waals surface area contributed by atoms with Gasteiger partial charge >= 0.3 is 5.97 Å². The van der Waals surface area contributed by atoms with Crippen LogP contribution in [0.1, 0.15) is 31.8 Å². The van der Waals surface area contributed by atoms with Gasteiger partial charge in [-0.3, -0.25) is 4.79 Å². The maximum atomic E-state index is 11.4. The van der Waals surface area contributed by atoms with Crippen LogP contribution in [0.15, 0.2) is 40.9 Å². The average molecular weight is 262 g/mol. The van der Waals surface area contributed by atoms with Gasteiger partial charge in [0.1, 0.15) is 18.1 Å². The molecule has 0 aromatic carbocycles. The quantitative estimate of drug-likeness (QED) is 0.560. The van der Waals surface area contributed by atoms with E-state index >= 15 is 0 Å². The molecule has 0 N–H and O–H groups in total. The van der Waals surface area contributed by atoms with Crippen LogP contribution in [0.4, 0.5) is 0 Å². The van der Waals surface area contributed by atoms with Gasteiger partial charge in [0.05, 0.1) is 0 Å². The highest BCUT2D eigenvalue weighted by molar-refractivity contribution is 5.94. The molecule has 0 radical (unpaired) electrons. The Labute approximate surface area is 112 Å². The lowest BCUT2D eigenvalue weighted by atomic mass is 10.1. The van der Waals surface area contributed by atoms with Crippen molar-refractivity contribution in [3.63, 3.8) is 0 Å². The van der Waals surface area contributed by atoms with Gasteiger partial charge in [-0.05, 0) is 31.6 Å². The molecule has 0 bridgehead atoms. The number of furan rings is 1. The van der Waals surface area contributed by atoms with Crippen molar-refractivity contribution in [2.75, 3.05) is 0 Å². The Morgan fingerprint density at radius 3 is 2.37 bits per heavy atom. The molecular weight excluding hydrogens is 244 g/mol. The summed E-state index contributed by atoms with van der Waals surface area (Å²) in [5, 5.41) is 0. The van der Waals surface area contributed by atoms with Gasteiger partial charge in [0, 0.05) is 18.4 Å². The Balaban J connectivity index is 2.44. The lowest BCUT2D eigenvalue weighted by Crippen LogP contribution is -2.04. The monoisotopic (exact) mass is 262 g/mol. The molecule has 1 aromatic heterocycles. The SMILES string of the molecule is C=C(C)C(=O)CCc1ccc(COC(=O)C(=C)C)o1. The second-order valence-electron chi connectivity index (χ2n) is 4.43. The molecule has 4 nitrogen and oxygen atoms in total. The molecule has 1 aromatic rings. The summed E-state index contributed by atoms with van der Waals surface area (Å²) in [5.74, 6) is 0.811. The minimum absolute atomic E-state index is 0.0201. The number of esters is 1. The molecule has 102 valence electrons. The third-order valence-electron chi connectivity index (χ3n) is 2.49. The van der Waals surface area contributed by atoms with E-state index in [2.05, 4.69) is 13.2 Å². The first-order chi connectivity index (χ1) is 8.90. The molecule has 0 aliphatic heterocycles. The Morgan fingerprint density at radius 1 is 1.16 bits per heavy atom. The number of rotatable bonds is 7. The van der Waals surface area contributed by atoms with Crippen LogP contribution in [-0.2, 0) is 27.4 Å². The summed E-state index contributed by atoms with van der Waals surface area (Å²) in [4.78, 5) is 22.6. The van der Waals surface area contributed by atoms with Gasteiger partial charge in [0.2, 0.25) is 0 Å². The van der Waals surface area contributed by atoms with E-state index in [-0.39, 0.29) is 12.4 Å². The fraction of sp³-hybridized carbons (Fsp3) is 0.333. The van der Waals surface area contributed by atoms with Crippen molar-refractivity contribution in [3.8, 4) is 0 Å². The van der Waals surface area contributed by atoms with Crippen molar-refractivity contribution in [1.82, 2.24) is 0 Å². The highest BCUT2D eigenvalue weighted by atomic mass is 16.5. The van der Waals surface area contributed by atoms with Crippen LogP contribution in [0, 0.1) is 0 Å². The van der Waals surface area contributed by atoms with E-state index in [1.54, 1.807) is 26.0 Å². The van der Waals surface area contributed by atoms with Crippen molar-refractivity contribution in [2.24, 2.45) is 0 Å². The molecule has 0 unspecified atom stereocenters. The summed E-state index contributed by atoms with van der Waals surface area (Å²) in [6.07, 6.45) is 0.883. The fourth-order valence-electron chi connectivity index (χ4n) is 1.34. The molecule has 1 rings (SSSR count). The molecular formula is C15H18O4. The van der Waals surface area contributed by atoms with Gasteiger partial charge in [-0.15, -0.1) is 0 Å². The number of allylic oxidation sites excluding steroid dienone is 1. The number of hydrogen-bond donors (Lipinski definition) is 0. The van der Waals surface area contributed by atoms with Gasteiger partial charge in [0.25, 0.3) is 0 Å². The van der Waals surface area contributed by atoms with Gasteiger partial charge in [0.15, 0.2) is 5.78 Å². The maximum absolute atomic E-state index is 11.4. The Bertz CT molecular complexity index is 463. The normalized spacial score (nSPS) is 10.0. The minimum Gasteiger partial charge on any atom is -0.462 e. The number of hydrogen-bond acceptors (Lipinski definition) is 4. The highest BCUT2D eigenvalue weighted by Crippen LogP contribution is 2.12. The topological polar surface area (TPSA) is 56.5 Å². The van der Waals surface area contributed by atoms with Gasteiger partial charge in [-0.1, -0.05) is 13.2 Å². The van der Waals surface area contributed by atoms with Crippen LogP contribution in [0.3, 0.4) is 0 Å². The first-order valence-electron chi connectivity index (χ1n) is 5.99. The molecule has 1 heterocycles. The summed E-state index contributed by atoms with van der Waals surface area (Å²) in [5.41, 5.74) is 0.890. The largest absolute Gasteiger partial charge is 0.462 e. The Kier molecular flexibility index (Phi) is 5.30. The average Bonchev–Trinajstić information content (AvgIpc) is 2.80. The molecule has 0 saturated heterocycles. The van der Waals surface area contributed by atoms with Gasteiger partial charge < -0.3 is 9.15 Å². The predicted octanol–water partition coefficient (Wildman–Crippen LogP) is 2.98. The summed E-state index contributed by atoms with van der Waals surface area (Å²) >= 11 is 0. The van der Waals surface area contributed by atoms with Crippen molar-refractivity contribution < 1.29 is 18.7 Å². The van der Waals surface area contributed by atoms with Crippen LogP contribution in [0.5, 0.6) is 0 Å². The third kappa shape index (κ3) is 4.95. The minimum atomic E-state index is -0.449. The lowest BCUT2D eigenvalue weighted by molar-refractivity contribution is -0.140. The van der Waals surface area contributed by atoms with Crippen molar-refractivity contribution in [3.05, 3.63) is 48.0 Å². The molecule has 0 fully saturated rings. The summed E-state index contributed by atoms with van der Waals surface area (Å²) in [6, 6.07) is 3.50. The zero-order valence-corrected chi connectivity index (χ0v) is 11.3. The maximum Gasteiger partial charge on any atom is 0.333 e. The van der Waals surface area contributed by atoms with Gasteiger partial charge in [-0.25, -0.2) is 4.79 Å². The van der Waals surface area contributed by atoms with Gasteiger partial charge in [-0.2, -0.15) is 0 Å². The standard InChI is InChI=1S/C15H18O4/c1-10(2)14(16)8-7-12-5-6-13(19-12)9-18-15(17)11(3)4/h5-6H,1,3,7-9H2,2,4H3. The molecule has 0 saturated carbocycles. The van der Waals surface area contributed by atoms with E-state index in [1.807, 2.05) is 0 Å². The summed E-state index contributed by atoms with van der Waals surface area (Å²) < 4.78 is 10.4. The number of aryl methyl sites for hydroxylation is 1. The van der Waals surface area contributed by atoms with Crippen molar-refractivity contribution in [1.29, 1.82) is 0 Å². The van der Waals surface area contributed by atoms with E-state index in [0.717, 1.165) is 0 Å². The molecule has 0 aliphatic carbocycles. The highest BCUT2D eigenvalue weighted by Gasteiger charge is 2.09. The first-order valence-corrected chi connectivity index (χ1v) is 5.99. The molecule has 19 heavy (non-hydrogen) atoms. The number of ketones is 1. The van der Waals surface area contributed by atoms with Crippen LogP contribution >= 0.6 is 0 Å². The predicted molar refractivity (Wildman–Crippen MR) is 71.5 cm³/mol.